The summed E-state index contributed by atoms with van der Waals surface area (Å²) in [4.78, 5) is 27.2. The van der Waals surface area contributed by atoms with Gasteiger partial charge in [-0.2, -0.15) is 0 Å². The Morgan fingerprint density at radius 3 is 2.68 bits per heavy atom. The normalized spacial score (nSPS) is 16.4. The van der Waals surface area contributed by atoms with Crippen LogP contribution in [-0.4, -0.2) is 29.3 Å². The number of fused-ring (bicyclic) bond motifs is 1. The van der Waals surface area contributed by atoms with E-state index in [1.165, 1.54) is 6.26 Å². The summed E-state index contributed by atoms with van der Waals surface area (Å²) in [6.07, 6.45) is 5.16. The van der Waals surface area contributed by atoms with Gasteiger partial charge in [0.1, 0.15) is 6.04 Å². The number of hydrogen-bond donors (Lipinski definition) is 1. The lowest BCUT2D eigenvalue weighted by molar-refractivity contribution is -0.126. The van der Waals surface area contributed by atoms with Crippen molar-refractivity contribution in [1.82, 2.24) is 10.2 Å². The molecule has 25 heavy (non-hydrogen) atoms. The van der Waals surface area contributed by atoms with Gasteiger partial charge in [0.2, 0.25) is 5.91 Å². The molecule has 1 aliphatic heterocycles. The molecule has 3 rings (SSSR count). The molecule has 2 heterocycles. The Kier molecular flexibility index (Phi) is 5.53. The molecule has 0 bridgehead atoms. The van der Waals surface area contributed by atoms with Crippen molar-refractivity contribution in [3.63, 3.8) is 0 Å². The zero-order valence-electron chi connectivity index (χ0n) is 14.5. The molecule has 0 fully saturated rings. The Morgan fingerprint density at radius 1 is 1.16 bits per heavy atom. The van der Waals surface area contributed by atoms with Crippen molar-refractivity contribution >= 4 is 11.8 Å². The van der Waals surface area contributed by atoms with E-state index in [2.05, 4.69) is 12.2 Å². The van der Waals surface area contributed by atoms with E-state index in [1.807, 2.05) is 24.3 Å². The van der Waals surface area contributed by atoms with E-state index in [-0.39, 0.29) is 17.6 Å². The molecule has 1 aliphatic rings. The smallest absolute Gasteiger partial charge is 0.290 e. The number of rotatable bonds is 6. The molecule has 0 radical (unpaired) electrons. The van der Waals surface area contributed by atoms with Gasteiger partial charge in [-0.3, -0.25) is 9.59 Å². The molecule has 2 aromatic rings. The fourth-order valence-corrected chi connectivity index (χ4v) is 3.22. The Morgan fingerprint density at radius 2 is 1.96 bits per heavy atom. The van der Waals surface area contributed by atoms with Crippen molar-refractivity contribution in [2.24, 2.45) is 0 Å². The number of nitrogens with one attached hydrogen (secondary N) is 1. The average molecular weight is 340 g/mol. The highest BCUT2D eigenvalue weighted by atomic mass is 16.3. The van der Waals surface area contributed by atoms with Crippen molar-refractivity contribution in [3.05, 3.63) is 59.5 Å². The zero-order valence-corrected chi connectivity index (χ0v) is 14.5. The summed E-state index contributed by atoms with van der Waals surface area (Å²) < 4.78 is 5.25. The van der Waals surface area contributed by atoms with E-state index in [1.54, 1.807) is 17.0 Å². The summed E-state index contributed by atoms with van der Waals surface area (Å²) in [5.74, 6) is -0.0677. The molecule has 0 saturated heterocycles. The van der Waals surface area contributed by atoms with Gasteiger partial charge in [-0.1, -0.05) is 44.0 Å². The van der Waals surface area contributed by atoms with E-state index in [0.29, 0.717) is 19.5 Å². The maximum atomic E-state index is 12.8. The second-order valence-corrected chi connectivity index (χ2v) is 6.40. The van der Waals surface area contributed by atoms with Crippen molar-refractivity contribution in [2.75, 3.05) is 6.54 Å². The number of hydrogen-bond acceptors (Lipinski definition) is 3. The predicted octanol–water partition coefficient (Wildman–Crippen LogP) is 3.15. The lowest BCUT2D eigenvalue weighted by Crippen LogP contribution is -2.52. The highest BCUT2D eigenvalue weighted by Crippen LogP contribution is 2.25. The lowest BCUT2D eigenvalue weighted by Gasteiger charge is -2.35. The number of benzene rings is 1. The van der Waals surface area contributed by atoms with Crippen LogP contribution in [0.1, 0.15) is 47.9 Å². The molecule has 5 heteroatoms. The monoisotopic (exact) mass is 340 g/mol. The van der Waals surface area contributed by atoms with Gasteiger partial charge in [0.05, 0.1) is 6.26 Å². The molecule has 1 N–H and O–H groups in total. The second kappa shape index (κ2) is 8.01. The quantitative estimate of drug-likeness (QED) is 0.822. The number of nitrogens with zero attached hydrogens (tertiary/aromatic N) is 1. The van der Waals surface area contributed by atoms with Crippen molar-refractivity contribution in [3.8, 4) is 0 Å². The third-order valence-electron chi connectivity index (χ3n) is 4.62. The molecular formula is C20H24N2O3. The molecule has 132 valence electrons. The van der Waals surface area contributed by atoms with Gasteiger partial charge < -0.3 is 14.6 Å². The zero-order chi connectivity index (χ0) is 17.6. The summed E-state index contributed by atoms with van der Waals surface area (Å²) in [5, 5.41) is 2.98. The van der Waals surface area contributed by atoms with Gasteiger partial charge in [-0.15, -0.1) is 0 Å². The molecule has 1 unspecified atom stereocenters. The van der Waals surface area contributed by atoms with E-state index in [9.17, 15) is 9.59 Å². The molecule has 0 aliphatic carbocycles. The van der Waals surface area contributed by atoms with Crippen LogP contribution >= 0.6 is 0 Å². The average Bonchev–Trinajstić information content (AvgIpc) is 3.18. The first-order valence-corrected chi connectivity index (χ1v) is 8.89. The van der Waals surface area contributed by atoms with E-state index in [4.69, 9.17) is 4.42 Å². The van der Waals surface area contributed by atoms with Gasteiger partial charge in [-0.05, 0) is 29.7 Å². The molecule has 1 aromatic heterocycles. The lowest BCUT2D eigenvalue weighted by atomic mass is 9.93. The molecular weight excluding hydrogens is 316 g/mol. The number of unbranched alkanes of at least 4 members (excludes halogenated alkanes) is 2. The van der Waals surface area contributed by atoms with Crippen LogP contribution in [0.2, 0.25) is 0 Å². The molecule has 1 atom stereocenters. The van der Waals surface area contributed by atoms with Crippen LogP contribution in [0.4, 0.5) is 0 Å². The van der Waals surface area contributed by atoms with Crippen LogP contribution in [0.25, 0.3) is 0 Å². The Balaban J connectivity index is 1.79. The van der Waals surface area contributed by atoms with Crippen LogP contribution in [0.15, 0.2) is 47.1 Å². The molecule has 5 nitrogen and oxygen atoms in total. The van der Waals surface area contributed by atoms with Crippen LogP contribution < -0.4 is 5.32 Å². The SMILES string of the molecule is CCCCCNC(=O)C1Cc2ccccc2CN1C(=O)c1ccco1. The van der Waals surface area contributed by atoms with Crippen LogP contribution in [-0.2, 0) is 17.8 Å². The first kappa shape index (κ1) is 17.3. The van der Waals surface area contributed by atoms with Crippen LogP contribution in [0, 0.1) is 0 Å². The van der Waals surface area contributed by atoms with Gasteiger partial charge >= 0.3 is 0 Å². The van der Waals surface area contributed by atoms with Crippen LogP contribution in [0.3, 0.4) is 0 Å². The minimum Gasteiger partial charge on any atom is -0.459 e. The maximum Gasteiger partial charge on any atom is 0.290 e. The van der Waals surface area contributed by atoms with Gasteiger partial charge in [-0.25, -0.2) is 0 Å². The van der Waals surface area contributed by atoms with Crippen molar-refractivity contribution in [2.45, 2.75) is 45.2 Å². The Hall–Kier alpha value is -2.56. The first-order valence-electron chi connectivity index (χ1n) is 8.89. The summed E-state index contributed by atoms with van der Waals surface area (Å²) in [6.45, 7) is 3.19. The topological polar surface area (TPSA) is 62.6 Å². The van der Waals surface area contributed by atoms with Crippen LogP contribution in [0.5, 0.6) is 0 Å². The molecule has 0 spiro atoms. The standard InChI is InChI=1S/C20H24N2O3/c1-2-3-6-11-21-19(23)17-13-15-8-4-5-9-16(15)14-22(17)20(24)18-10-7-12-25-18/h4-5,7-10,12,17H,2-3,6,11,13-14H2,1H3,(H,21,23). The van der Waals surface area contributed by atoms with Crippen molar-refractivity contribution < 1.29 is 14.0 Å². The highest BCUT2D eigenvalue weighted by molar-refractivity contribution is 5.96. The number of carbonyl (C=O) groups is 2. The van der Waals surface area contributed by atoms with Gasteiger partial charge in [0.25, 0.3) is 5.91 Å². The minimum atomic E-state index is -0.505. The molecule has 2 amide bonds. The fraction of sp³-hybridized carbons (Fsp3) is 0.400. The van der Waals surface area contributed by atoms with E-state index in [0.717, 1.165) is 30.4 Å². The fourth-order valence-electron chi connectivity index (χ4n) is 3.22. The minimum absolute atomic E-state index is 0.0921. The molecule has 1 aromatic carbocycles. The summed E-state index contributed by atoms with van der Waals surface area (Å²) in [5.41, 5.74) is 2.21. The number of carbonyl (C=O) groups excluding carboxylic acids is 2. The predicted molar refractivity (Wildman–Crippen MR) is 95.1 cm³/mol. The number of furan rings is 1. The maximum absolute atomic E-state index is 12.8. The Bertz CT molecular complexity index is 724. The third-order valence-corrected chi connectivity index (χ3v) is 4.62. The summed E-state index contributed by atoms with van der Waals surface area (Å²) in [7, 11) is 0. The second-order valence-electron chi connectivity index (χ2n) is 6.40. The number of amides is 2. The Labute approximate surface area is 148 Å². The third kappa shape index (κ3) is 3.92. The van der Waals surface area contributed by atoms with E-state index < -0.39 is 6.04 Å². The van der Waals surface area contributed by atoms with Crippen molar-refractivity contribution in [1.29, 1.82) is 0 Å². The van der Waals surface area contributed by atoms with E-state index >= 15 is 0 Å². The summed E-state index contributed by atoms with van der Waals surface area (Å²) in [6, 6.07) is 10.8. The van der Waals surface area contributed by atoms with Gasteiger partial charge in [0.15, 0.2) is 5.76 Å². The largest absolute Gasteiger partial charge is 0.459 e. The molecule has 0 saturated carbocycles. The summed E-state index contributed by atoms with van der Waals surface area (Å²) >= 11 is 0. The van der Waals surface area contributed by atoms with Gasteiger partial charge in [0, 0.05) is 19.5 Å². The first-order chi connectivity index (χ1) is 12.2. The highest BCUT2D eigenvalue weighted by Gasteiger charge is 2.35.